The van der Waals surface area contributed by atoms with Crippen molar-refractivity contribution in [3.05, 3.63) is 53.1 Å². The van der Waals surface area contributed by atoms with Gasteiger partial charge in [0.05, 0.1) is 29.3 Å². The minimum Gasteiger partial charge on any atom is -0.496 e. The van der Waals surface area contributed by atoms with Crippen molar-refractivity contribution in [1.82, 2.24) is 14.9 Å². The first-order valence-corrected chi connectivity index (χ1v) is 9.88. The van der Waals surface area contributed by atoms with Crippen LogP contribution in [0, 0.1) is 11.7 Å². The number of methoxy groups -OCH3 is 1. The molecule has 0 aliphatic carbocycles. The van der Waals surface area contributed by atoms with Gasteiger partial charge in [-0.05, 0) is 31.2 Å². The lowest BCUT2D eigenvalue weighted by atomic mass is 10.1. The van der Waals surface area contributed by atoms with Gasteiger partial charge in [0.1, 0.15) is 17.9 Å². The molecule has 1 atom stereocenters. The molecule has 4 rings (SSSR count). The number of rotatable bonds is 6. The van der Waals surface area contributed by atoms with Gasteiger partial charge in [0.15, 0.2) is 5.82 Å². The van der Waals surface area contributed by atoms with Gasteiger partial charge in [-0.2, -0.15) is 0 Å². The SMILES string of the molecule is COc1cc2ncnc(Nc3cccc(Cl)c3F)c2cc1CN1CC[C@H](C(N)=O)C1. The number of fused-ring (bicyclic) bond motifs is 1. The van der Waals surface area contributed by atoms with Crippen LogP contribution in [-0.4, -0.2) is 41.0 Å². The van der Waals surface area contributed by atoms with E-state index in [1.807, 2.05) is 12.1 Å². The van der Waals surface area contributed by atoms with Crippen LogP contribution in [-0.2, 0) is 11.3 Å². The van der Waals surface area contributed by atoms with Crippen LogP contribution in [0.3, 0.4) is 0 Å². The predicted molar refractivity (Wildman–Crippen MR) is 113 cm³/mol. The molecule has 3 aromatic rings. The van der Waals surface area contributed by atoms with E-state index < -0.39 is 5.82 Å². The van der Waals surface area contributed by atoms with Gasteiger partial charge in [0, 0.05) is 30.1 Å². The van der Waals surface area contributed by atoms with Crippen LogP contribution >= 0.6 is 11.6 Å². The lowest BCUT2D eigenvalue weighted by molar-refractivity contribution is -0.121. The molecule has 1 saturated heterocycles. The molecule has 1 aliphatic rings. The van der Waals surface area contributed by atoms with Crippen LogP contribution < -0.4 is 15.8 Å². The number of ether oxygens (including phenoxy) is 1. The third kappa shape index (κ3) is 4.01. The first-order chi connectivity index (χ1) is 14.5. The summed E-state index contributed by atoms with van der Waals surface area (Å²) < 4.78 is 19.9. The Morgan fingerprint density at radius 3 is 2.97 bits per heavy atom. The highest BCUT2D eigenvalue weighted by molar-refractivity contribution is 6.31. The van der Waals surface area contributed by atoms with Crippen LogP contribution in [0.15, 0.2) is 36.7 Å². The zero-order chi connectivity index (χ0) is 21.3. The van der Waals surface area contributed by atoms with E-state index in [9.17, 15) is 9.18 Å². The van der Waals surface area contributed by atoms with Crippen LogP contribution in [0.2, 0.25) is 5.02 Å². The number of halogens is 2. The number of amides is 1. The second-order valence-electron chi connectivity index (χ2n) is 7.25. The molecular weight excluding hydrogens is 409 g/mol. The fourth-order valence-electron chi connectivity index (χ4n) is 3.72. The van der Waals surface area contributed by atoms with Crippen LogP contribution in [0.5, 0.6) is 5.75 Å². The first kappa shape index (κ1) is 20.3. The number of hydrogen-bond acceptors (Lipinski definition) is 6. The molecule has 0 bridgehead atoms. The highest BCUT2D eigenvalue weighted by Crippen LogP contribution is 2.32. The zero-order valence-corrected chi connectivity index (χ0v) is 17.1. The van der Waals surface area contributed by atoms with Crippen molar-refractivity contribution in [1.29, 1.82) is 0 Å². The van der Waals surface area contributed by atoms with E-state index in [-0.39, 0.29) is 22.5 Å². The molecule has 0 radical (unpaired) electrons. The van der Waals surface area contributed by atoms with Crippen molar-refractivity contribution in [3.8, 4) is 5.75 Å². The number of carbonyl (C=O) groups is 1. The Morgan fingerprint density at radius 2 is 2.23 bits per heavy atom. The quantitative estimate of drug-likeness (QED) is 0.623. The molecule has 0 saturated carbocycles. The second-order valence-corrected chi connectivity index (χ2v) is 7.66. The van der Waals surface area contributed by atoms with Gasteiger partial charge in [0.2, 0.25) is 5.91 Å². The van der Waals surface area contributed by atoms with Crippen molar-refractivity contribution < 1.29 is 13.9 Å². The number of nitrogens with zero attached hydrogens (tertiary/aromatic N) is 3. The van der Waals surface area contributed by atoms with Crippen molar-refractivity contribution in [2.75, 3.05) is 25.5 Å². The molecule has 2 aromatic carbocycles. The first-order valence-electron chi connectivity index (χ1n) is 9.50. The smallest absolute Gasteiger partial charge is 0.221 e. The number of likely N-dealkylation sites (tertiary alicyclic amines) is 1. The Bertz CT molecular complexity index is 1110. The number of nitrogens with one attached hydrogen (secondary N) is 1. The van der Waals surface area contributed by atoms with E-state index in [4.69, 9.17) is 22.1 Å². The summed E-state index contributed by atoms with van der Waals surface area (Å²) in [7, 11) is 1.60. The lowest BCUT2D eigenvalue weighted by Gasteiger charge is -2.19. The van der Waals surface area contributed by atoms with Crippen LogP contribution in [0.25, 0.3) is 10.9 Å². The fraction of sp³-hybridized carbons (Fsp3) is 0.286. The van der Waals surface area contributed by atoms with Crippen molar-refractivity contribution >= 4 is 39.9 Å². The maximum Gasteiger partial charge on any atom is 0.221 e. The molecule has 2 heterocycles. The molecule has 9 heteroatoms. The Kier molecular flexibility index (Phi) is 5.69. The predicted octanol–water partition coefficient (Wildman–Crippen LogP) is 3.48. The number of primary amides is 1. The number of nitrogens with two attached hydrogens (primary N) is 1. The molecule has 1 aliphatic heterocycles. The molecule has 1 fully saturated rings. The standard InChI is InChI=1S/C21H21ClFN5O2/c1-30-18-8-17-14(7-13(18)10-28-6-5-12(9-28)20(24)29)21(26-11-25-17)27-16-4-2-3-15(22)19(16)23/h2-4,7-8,11-12H,5-6,9-10H2,1H3,(H2,24,29)(H,25,26,27)/t12-/m0/s1. The van der Waals surface area contributed by atoms with Crippen LogP contribution in [0.4, 0.5) is 15.9 Å². The van der Waals surface area contributed by atoms with Gasteiger partial charge in [-0.3, -0.25) is 9.69 Å². The van der Waals surface area contributed by atoms with Gasteiger partial charge in [-0.25, -0.2) is 14.4 Å². The molecule has 7 nitrogen and oxygen atoms in total. The molecule has 30 heavy (non-hydrogen) atoms. The van der Waals surface area contributed by atoms with E-state index in [1.54, 1.807) is 19.2 Å². The summed E-state index contributed by atoms with van der Waals surface area (Å²) in [6.45, 7) is 1.97. The average Bonchev–Trinajstić information content (AvgIpc) is 3.20. The summed E-state index contributed by atoms with van der Waals surface area (Å²) in [5.74, 6) is 0.188. The van der Waals surface area contributed by atoms with E-state index in [0.29, 0.717) is 30.2 Å². The minimum absolute atomic E-state index is 0.0266. The summed E-state index contributed by atoms with van der Waals surface area (Å²) in [6, 6.07) is 8.49. The average molecular weight is 430 g/mol. The third-order valence-electron chi connectivity index (χ3n) is 5.31. The van der Waals surface area contributed by atoms with E-state index in [0.717, 1.165) is 23.9 Å². The van der Waals surface area contributed by atoms with E-state index in [1.165, 1.54) is 12.4 Å². The third-order valence-corrected chi connectivity index (χ3v) is 5.60. The normalized spacial score (nSPS) is 16.7. The highest BCUT2D eigenvalue weighted by atomic mass is 35.5. The number of aromatic nitrogens is 2. The molecule has 0 spiro atoms. The van der Waals surface area contributed by atoms with E-state index in [2.05, 4.69) is 20.2 Å². The topological polar surface area (TPSA) is 93.4 Å². The molecule has 156 valence electrons. The number of anilines is 2. The molecular formula is C21H21ClFN5O2. The van der Waals surface area contributed by atoms with Crippen molar-refractivity contribution in [2.24, 2.45) is 11.7 Å². The Hall–Kier alpha value is -2.97. The number of hydrogen-bond donors (Lipinski definition) is 2. The molecule has 1 amide bonds. The minimum atomic E-state index is -0.547. The summed E-state index contributed by atoms with van der Waals surface area (Å²) in [5, 5.41) is 3.76. The largest absolute Gasteiger partial charge is 0.496 e. The zero-order valence-electron chi connectivity index (χ0n) is 16.4. The van der Waals surface area contributed by atoms with Gasteiger partial charge < -0.3 is 15.8 Å². The molecule has 1 aromatic heterocycles. The highest BCUT2D eigenvalue weighted by Gasteiger charge is 2.27. The lowest BCUT2D eigenvalue weighted by Crippen LogP contribution is -2.27. The number of benzene rings is 2. The monoisotopic (exact) mass is 429 g/mol. The summed E-state index contributed by atoms with van der Waals surface area (Å²) in [6.07, 6.45) is 2.15. The van der Waals surface area contributed by atoms with Crippen molar-refractivity contribution in [3.63, 3.8) is 0 Å². The Morgan fingerprint density at radius 1 is 1.40 bits per heavy atom. The van der Waals surface area contributed by atoms with Crippen LogP contribution in [0.1, 0.15) is 12.0 Å². The maximum absolute atomic E-state index is 14.4. The van der Waals surface area contributed by atoms with Gasteiger partial charge >= 0.3 is 0 Å². The van der Waals surface area contributed by atoms with Crippen molar-refractivity contribution in [2.45, 2.75) is 13.0 Å². The maximum atomic E-state index is 14.4. The van der Waals surface area contributed by atoms with E-state index >= 15 is 0 Å². The molecule has 3 N–H and O–H groups in total. The van der Waals surface area contributed by atoms with Gasteiger partial charge in [-0.1, -0.05) is 17.7 Å². The second kappa shape index (κ2) is 8.41. The number of carbonyl (C=O) groups excluding carboxylic acids is 1. The fourth-order valence-corrected chi connectivity index (χ4v) is 3.89. The summed E-state index contributed by atoms with van der Waals surface area (Å²) in [5.41, 5.74) is 7.25. The Labute approximate surface area is 178 Å². The summed E-state index contributed by atoms with van der Waals surface area (Å²) >= 11 is 5.89. The molecule has 0 unspecified atom stereocenters. The van der Waals surface area contributed by atoms with Gasteiger partial charge in [0.25, 0.3) is 0 Å². The summed E-state index contributed by atoms with van der Waals surface area (Å²) in [4.78, 5) is 22.2. The van der Waals surface area contributed by atoms with Gasteiger partial charge in [-0.15, -0.1) is 0 Å². The Balaban J connectivity index is 1.69.